The third-order valence-electron chi connectivity index (χ3n) is 2.94. The van der Waals surface area contributed by atoms with Gasteiger partial charge in [-0.05, 0) is 36.4 Å². The van der Waals surface area contributed by atoms with Crippen LogP contribution in [-0.2, 0) is 0 Å². The Hall–Kier alpha value is -2.27. The summed E-state index contributed by atoms with van der Waals surface area (Å²) in [5, 5.41) is 4.13. The third-order valence-corrected chi connectivity index (χ3v) is 3.88. The Morgan fingerprint density at radius 2 is 1.80 bits per heavy atom. The van der Waals surface area contributed by atoms with Crippen LogP contribution in [0.25, 0.3) is 10.2 Å². The molecular formula is C15H14N2O2S. The summed E-state index contributed by atoms with van der Waals surface area (Å²) < 4.78 is 11.6. The number of benzene rings is 2. The molecule has 20 heavy (non-hydrogen) atoms. The zero-order chi connectivity index (χ0) is 13.9. The lowest BCUT2D eigenvalue weighted by atomic mass is 10.3. The van der Waals surface area contributed by atoms with E-state index in [-0.39, 0.29) is 0 Å². The molecule has 1 heterocycles. The number of ether oxygens (including phenoxy) is 2. The number of fused-ring (bicyclic) bond motifs is 1. The molecule has 5 heteroatoms. The fraction of sp³-hybridized carbons (Fsp3) is 0.133. The molecule has 0 radical (unpaired) electrons. The highest BCUT2D eigenvalue weighted by Crippen LogP contribution is 2.33. The fourth-order valence-corrected chi connectivity index (χ4v) is 2.84. The van der Waals surface area contributed by atoms with Gasteiger partial charge in [-0.25, -0.2) is 4.98 Å². The average molecular weight is 286 g/mol. The number of aromatic nitrogens is 1. The first-order valence-corrected chi connectivity index (χ1v) is 6.96. The van der Waals surface area contributed by atoms with Gasteiger partial charge in [0.05, 0.1) is 18.9 Å². The highest BCUT2D eigenvalue weighted by molar-refractivity contribution is 7.22. The van der Waals surface area contributed by atoms with E-state index in [9.17, 15) is 0 Å². The molecule has 4 nitrogen and oxygen atoms in total. The lowest BCUT2D eigenvalue weighted by Crippen LogP contribution is -1.90. The van der Waals surface area contributed by atoms with Crippen LogP contribution in [-0.4, -0.2) is 19.2 Å². The summed E-state index contributed by atoms with van der Waals surface area (Å²) in [5.74, 6) is 1.63. The Bertz CT molecular complexity index is 722. The van der Waals surface area contributed by atoms with Crippen molar-refractivity contribution in [2.75, 3.05) is 19.5 Å². The topological polar surface area (TPSA) is 43.4 Å². The molecule has 1 N–H and O–H groups in total. The first-order chi connectivity index (χ1) is 9.80. The minimum atomic E-state index is 0.793. The summed E-state index contributed by atoms with van der Waals surface area (Å²) >= 11 is 1.60. The summed E-state index contributed by atoms with van der Waals surface area (Å²) in [6.07, 6.45) is 0. The van der Waals surface area contributed by atoms with E-state index < -0.39 is 0 Å². The number of para-hydroxylation sites is 1. The standard InChI is InChI=1S/C15H14N2O2S/c1-18-11-8-6-10(7-9-11)16-15-17-14-12(19-2)4-3-5-13(14)20-15/h3-9H,1-2H3,(H,16,17). The summed E-state index contributed by atoms with van der Waals surface area (Å²) in [6, 6.07) is 13.7. The maximum Gasteiger partial charge on any atom is 0.188 e. The molecular weight excluding hydrogens is 272 g/mol. The number of methoxy groups -OCH3 is 2. The Balaban J connectivity index is 1.90. The van der Waals surface area contributed by atoms with E-state index in [4.69, 9.17) is 9.47 Å². The average Bonchev–Trinajstić information content (AvgIpc) is 2.90. The molecule has 2 aromatic carbocycles. The summed E-state index contributed by atoms with van der Waals surface area (Å²) in [5.41, 5.74) is 1.86. The SMILES string of the molecule is COc1ccc(Nc2nc3c(OC)cccc3s2)cc1. The largest absolute Gasteiger partial charge is 0.497 e. The molecule has 0 saturated heterocycles. The van der Waals surface area contributed by atoms with Crippen LogP contribution in [0.2, 0.25) is 0 Å². The smallest absolute Gasteiger partial charge is 0.188 e. The van der Waals surface area contributed by atoms with Crippen LogP contribution in [0.3, 0.4) is 0 Å². The van der Waals surface area contributed by atoms with Crippen molar-refractivity contribution in [3.8, 4) is 11.5 Å². The molecule has 0 amide bonds. The van der Waals surface area contributed by atoms with Gasteiger partial charge in [0.2, 0.25) is 0 Å². The molecule has 0 bridgehead atoms. The van der Waals surface area contributed by atoms with E-state index in [1.165, 1.54) is 0 Å². The van der Waals surface area contributed by atoms with Crippen LogP contribution >= 0.6 is 11.3 Å². The number of nitrogens with zero attached hydrogens (tertiary/aromatic N) is 1. The van der Waals surface area contributed by atoms with Crippen molar-refractivity contribution in [2.24, 2.45) is 0 Å². The first kappa shape index (κ1) is 12.7. The number of nitrogens with one attached hydrogen (secondary N) is 1. The highest BCUT2D eigenvalue weighted by atomic mass is 32.1. The highest BCUT2D eigenvalue weighted by Gasteiger charge is 2.08. The molecule has 0 fully saturated rings. The Morgan fingerprint density at radius 3 is 2.50 bits per heavy atom. The summed E-state index contributed by atoms with van der Waals surface area (Å²) in [4.78, 5) is 4.57. The molecule has 0 aliphatic rings. The van der Waals surface area contributed by atoms with E-state index >= 15 is 0 Å². The third kappa shape index (κ3) is 2.40. The van der Waals surface area contributed by atoms with Crippen LogP contribution in [0, 0.1) is 0 Å². The maximum atomic E-state index is 5.32. The van der Waals surface area contributed by atoms with Crippen molar-refractivity contribution in [2.45, 2.75) is 0 Å². The van der Waals surface area contributed by atoms with Gasteiger partial charge in [-0.3, -0.25) is 0 Å². The van der Waals surface area contributed by atoms with E-state index in [0.29, 0.717) is 0 Å². The van der Waals surface area contributed by atoms with Crippen molar-refractivity contribution in [1.82, 2.24) is 4.98 Å². The quantitative estimate of drug-likeness (QED) is 0.785. The second-order valence-corrected chi connectivity index (χ2v) is 5.21. The van der Waals surface area contributed by atoms with Gasteiger partial charge in [0.1, 0.15) is 17.0 Å². The summed E-state index contributed by atoms with van der Waals surface area (Å²) in [6.45, 7) is 0. The predicted octanol–water partition coefficient (Wildman–Crippen LogP) is 4.06. The normalized spacial score (nSPS) is 10.5. The number of hydrogen-bond acceptors (Lipinski definition) is 5. The first-order valence-electron chi connectivity index (χ1n) is 6.15. The number of hydrogen-bond donors (Lipinski definition) is 1. The minimum absolute atomic E-state index is 0.793. The Labute approximate surface area is 121 Å². The van der Waals surface area contributed by atoms with Crippen molar-refractivity contribution < 1.29 is 9.47 Å². The maximum absolute atomic E-state index is 5.32. The molecule has 3 rings (SSSR count). The van der Waals surface area contributed by atoms with Crippen molar-refractivity contribution in [1.29, 1.82) is 0 Å². The van der Waals surface area contributed by atoms with E-state index in [2.05, 4.69) is 10.3 Å². The molecule has 0 aliphatic heterocycles. The molecule has 0 unspecified atom stereocenters. The zero-order valence-corrected chi connectivity index (χ0v) is 12.0. The number of anilines is 2. The fourth-order valence-electron chi connectivity index (χ4n) is 1.94. The van der Waals surface area contributed by atoms with Gasteiger partial charge in [0.25, 0.3) is 0 Å². The predicted molar refractivity (Wildman–Crippen MR) is 82.4 cm³/mol. The monoisotopic (exact) mass is 286 g/mol. The van der Waals surface area contributed by atoms with Gasteiger partial charge in [0.15, 0.2) is 5.13 Å². The molecule has 0 atom stereocenters. The molecule has 3 aromatic rings. The Kier molecular flexibility index (Phi) is 3.43. The van der Waals surface area contributed by atoms with Crippen molar-refractivity contribution in [3.05, 3.63) is 42.5 Å². The molecule has 0 spiro atoms. The molecule has 102 valence electrons. The Morgan fingerprint density at radius 1 is 1.00 bits per heavy atom. The van der Waals surface area contributed by atoms with Crippen LogP contribution in [0.4, 0.5) is 10.8 Å². The minimum Gasteiger partial charge on any atom is -0.497 e. The van der Waals surface area contributed by atoms with E-state index in [1.54, 1.807) is 25.6 Å². The zero-order valence-electron chi connectivity index (χ0n) is 11.2. The van der Waals surface area contributed by atoms with Crippen LogP contribution in [0.15, 0.2) is 42.5 Å². The van der Waals surface area contributed by atoms with Crippen LogP contribution in [0.5, 0.6) is 11.5 Å². The lowest BCUT2D eigenvalue weighted by molar-refractivity contribution is 0.415. The molecule has 0 aliphatic carbocycles. The van der Waals surface area contributed by atoms with Crippen molar-refractivity contribution in [3.63, 3.8) is 0 Å². The second kappa shape index (κ2) is 5.38. The van der Waals surface area contributed by atoms with Gasteiger partial charge in [-0.2, -0.15) is 0 Å². The molecule has 1 aromatic heterocycles. The second-order valence-electron chi connectivity index (χ2n) is 4.18. The van der Waals surface area contributed by atoms with Crippen molar-refractivity contribution >= 4 is 32.4 Å². The molecule has 0 saturated carbocycles. The van der Waals surface area contributed by atoms with Gasteiger partial charge < -0.3 is 14.8 Å². The van der Waals surface area contributed by atoms with E-state index in [0.717, 1.165) is 32.5 Å². The van der Waals surface area contributed by atoms with Crippen LogP contribution in [0.1, 0.15) is 0 Å². The van der Waals surface area contributed by atoms with Gasteiger partial charge >= 0.3 is 0 Å². The lowest BCUT2D eigenvalue weighted by Gasteiger charge is -2.03. The summed E-state index contributed by atoms with van der Waals surface area (Å²) in [7, 11) is 3.31. The van der Waals surface area contributed by atoms with Gasteiger partial charge in [0, 0.05) is 5.69 Å². The van der Waals surface area contributed by atoms with E-state index in [1.807, 2.05) is 42.5 Å². The van der Waals surface area contributed by atoms with Crippen LogP contribution < -0.4 is 14.8 Å². The number of thiazole rings is 1. The van der Waals surface area contributed by atoms with Gasteiger partial charge in [-0.15, -0.1) is 0 Å². The van der Waals surface area contributed by atoms with Gasteiger partial charge in [-0.1, -0.05) is 17.4 Å². The number of rotatable bonds is 4.